The topological polar surface area (TPSA) is 35.9 Å². The summed E-state index contributed by atoms with van der Waals surface area (Å²) in [5, 5.41) is 9.44. The minimum Gasteiger partial charge on any atom is -0.494 e. The number of benzene rings is 1. The van der Waals surface area contributed by atoms with Crippen LogP contribution in [0.1, 0.15) is 25.8 Å². The molecule has 1 fully saturated rings. The van der Waals surface area contributed by atoms with Gasteiger partial charge in [0.2, 0.25) is 0 Å². The number of hydrogen-bond acceptors (Lipinski definition) is 4. The zero-order valence-electron chi connectivity index (χ0n) is 14.2. The van der Waals surface area contributed by atoms with Gasteiger partial charge in [0, 0.05) is 32.2 Å². The Morgan fingerprint density at radius 1 is 1.32 bits per heavy atom. The van der Waals surface area contributed by atoms with Gasteiger partial charge in [-0.2, -0.15) is 0 Å². The van der Waals surface area contributed by atoms with Crippen molar-refractivity contribution in [2.75, 3.05) is 39.9 Å². The number of hydrogen-bond donors (Lipinski definition) is 1. The molecule has 124 valence electrons. The van der Waals surface area contributed by atoms with E-state index < -0.39 is 0 Å². The molecule has 1 aliphatic heterocycles. The number of piperazine rings is 1. The average molecular weight is 306 g/mol. The largest absolute Gasteiger partial charge is 0.494 e. The van der Waals surface area contributed by atoms with Crippen molar-refractivity contribution in [3.63, 3.8) is 0 Å². The number of aliphatic hydroxyl groups excluding tert-OH is 1. The number of aliphatic hydroxyl groups is 1. The van der Waals surface area contributed by atoms with Gasteiger partial charge in [0.15, 0.2) is 0 Å². The van der Waals surface area contributed by atoms with Crippen LogP contribution in [-0.4, -0.2) is 60.8 Å². The van der Waals surface area contributed by atoms with E-state index in [1.54, 1.807) is 0 Å². The molecule has 0 spiro atoms. The molecule has 0 radical (unpaired) electrons. The maximum atomic E-state index is 9.44. The first-order chi connectivity index (χ1) is 10.6. The van der Waals surface area contributed by atoms with Crippen molar-refractivity contribution < 1.29 is 9.84 Å². The van der Waals surface area contributed by atoms with E-state index in [9.17, 15) is 5.11 Å². The number of nitrogens with zero attached hydrogens (tertiary/aromatic N) is 2. The summed E-state index contributed by atoms with van der Waals surface area (Å²) in [5.41, 5.74) is 1.28. The molecule has 1 saturated heterocycles. The summed E-state index contributed by atoms with van der Waals surface area (Å²) < 4.78 is 5.84. The molecule has 0 bridgehead atoms. The third kappa shape index (κ3) is 5.27. The molecule has 1 atom stereocenters. The second-order valence-electron chi connectivity index (χ2n) is 6.73. The van der Waals surface area contributed by atoms with Gasteiger partial charge in [-0.05, 0) is 37.1 Å². The predicted octanol–water partition coefficient (Wildman–Crippen LogP) is 2.22. The van der Waals surface area contributed by atoms with Crippen LogP contribution in [0.2, 0.25) is 0 Å². The fraction of sp³-hybridized carbons (Fsp3) is 0.667. The Bertz CT molecular complexity index is 450. The van der Waals surface area contributed by atoms with E-state index in [0.29, 0.717) is 5.92 Å². The molecule has 0 aliphatic carbocycles. The molecule has 2 rings (SSSR count). The van der Waals surface area contributed by atoms with Gasteiger partial charge in [-0.3, -0.25) is 9.80 Å². The standard InChI is InChI=1S/C18H30N2O2/c1-15(2)7-10-22-18-6-4-5-16(11-18)12-20-9-8-19(3)17(13-20)14-21/h4-6,11,15,17,21H,7-10,12-14H2,1-3H3/t17-/m0/s1. The van der Waals surface area contributed by atoms with Crippen molar-refractivity contribution in [1.82, 2.24) is 9.80 Å². The monoisotopic (exact) mass is 306 g/mol. The highest BCUT2D eigenvalue weighted by Crippen LogP contribution is 2.17. The van der Waals surface area contributed by atoms with Gasteiger partial charge in [-0.15, -0.1) is 0 Å². The van der Waals surface area contributed by atoms with Crippen LogP contribution in [-0.2, 0) is 6.54 Å². The maximum absolute atomic E-state index is 9.44. The van der Waals surface area contributed by atoms with Crippen LogP contribution in [0.4, 0.5) is 0 Å². The molecule has 22 heavy (non-hydrogen) atoms. The van der Waals surface area contributed by atoms with E-state index in [4.69, 9.17) is 4.74 Å². The van der Waals surface area contributed by atoms with Crippen LogP contribution >= 0.6 is 0 Å². The number of likely N-dealkylation sites (N-methyl/N-ethyl adjacent to an activating group) is 1. The van der Waals surface area contributed by atoms with Crippen LogP contribution in [0.5, 0.6) is 5.75 Å². The number of rotatable bonds is 7. The molecular formula is C18H30N2O2. The van der Waals surface area contributed by atoms with Gasteiger partial charge in [0.05, 0.1) is 13.2 Å². The Hall–Kier alpha value is -1.10. The predicted molar refractivity (Wildman–Crippen MR) is 90.2 cm³/mol. The van der Waals surface area contributed by atoms with Crippen molar-refractivity contribution in [2.45, 2.75) is 32.9 Å². The summed E-state index contributed by atoms with van der Waals surface area (Å²) in [5.74, 6) is 1.63. The van der Waals surface area contributed by atoms with Crippen LogP contribution in [0.15, 0.2) is 24.3 Å². The van der Waals surface area contributed by atoms with Crippen LogP contribution in [0, 0.1) is 5.92 Å². The van der Waals surface area contributed by atoms with Crippen molar-refractivity contribution in [3.8, 4) is 5.75 Å². The smallest absolute Gasteiger partial charge is 0.119 e. The van der Waals surface area contributed by atoms with E-state index >= 15 is 0 Å². The second kappa shape index (κ2) is 8.51. The van der Waals surface area contributed by atoms with Crippen LogP contribution in [0.25, 0.3) is 0 Å². The molecule has 0 aromatic heterocycles. The summed E-state index contributed by atoms with van der Waals surface area (Å²) in [6.45, 7) is 9.33. The third-order valence-corrected chi connectivity index (χ3v) is 4.34. The molecule has 0 saturated carbocycles. The van der Waals surface area contributed by atoms with Crippen LogP contribution in [0.3, 0.4) is 0 Å². The Morgan fingerprint density at radius 3 is 2.86 bits per heavy atom. The Labute approximate surface area is 134 Å². The molecule has 1 heterocycles. The highest BCUT2D eigenvalue weighted by Gasteiger charge is 2.23. The van der Waals surface area contributed by atoms with Crippen molar-refractivity contribution >= 4 is 0 Å². The zero-order valence-corrected chi connectivity index (χ0v) is 14.2. The summed E-state index contributed by atoms with van der Waals surface area (Å²) in [7, 11) is 2.08. The second-order valence-corrected chi connectivity index (χ2v) is 6.73. The summed E-state index contributed by atoms with van der Waals surface area (Å²) in [6, 6.07) is 8.65. The minimum atomic E-state index is 0.228. The van der Waals surface area contributed by atoms with Gasteiger partial charge in [0.1, 0.15) is 5.75 Å². The molecule has 1 N–H and O–H groups in total. The van der Waals surface area contributed by atoms with Gasteiger partial charge in [-0.25, -0.2) is 0 Å². The fourth-order valence-electron chi connectivity index (χ4n) is 2.76. The van der Waals surface area contributed by atoms with Crippen molar-refractivity contribution in [1.29, 1.82) is 0 Å². The average Bonchev–Trinajstić information content (AvgIpc) is 2.49. The van der Waals surface area contributed by atoms with Crippen LogP contribution < -0.4 is 4.74 Å². The highest BCUT2D eigenvalue weighted by molar-refractivity contribution is 5.28. The SMILES string of the molecule is CC(C)CCOc1cccc(CN2CCN(C)[C@H](CO)C2)c1. The van der Waals surface area contributed by atoms with E-state index in [1.807, 2.05) is 6.07 Å². The van der Waals surface area contributed by atoms with E-state index in [-0.39, 0.29) is 12.6 Å². The number of ether oxygens (including phenoxy) is 1. The Kier molecular flexibility index (Phi) is 6.68. The lowest BCUT2D eigenvalue weighted by Gasteiger charge is -2.38. The molecule has 1 aliphatic rings. The normalized spacial score (nSPS) is 20.5. The third-order valence-electron chi connectivity index (χ3n) is 4.34. The first-order valence-electron chi connectivity index (χ1n) is 8.33. The molecule has 0 unspecified atom stereocenters. The molecule has 4 nitrogen and oxygen atoms in total. The van der Waals surface area contributed by atoms with E-state index in [0.717, 1.165) is 45.0 Å². The van der Waals surface area contributed by atoms with E-state index in [1.165, 1.54) is 5.56 Å². The van der Waals surface area contributed by atoms with Gasteiger partial charge in [0.25, 0.3) is 0 Å². The van der Waals surface area contributed by atoms with Gasteiger partial charge in [-0.1, -0.05) is 26.0 Å². The van der Waals surface area contributed by atoms with Crippen molar-refractivity contribution in [2.24, 2.45) is 5.92 Å². The molecule has 0 amide bonds. The lowest BCUT2D eigenvalue weighted by atomic mass is 10.1. The Balaban J connectivity index is 1.87. The zero-order chi connectivity index (χ0) is 15.9. The Morgan fingerprint density at radius 2 is 2.14 bits per heavy atom. The van der Waals surface area contributed by atoms with Crippen molar-refractivity contribution in [3.05, 3.63) is 29.8 Å². The summed E-state index contributed by atoms with van der Waals surface area (Å²) >= 11 is 0. The minimum absolute atomic E-state index is 0.228. The quantitative estimate of drug-likeness (QED) is 0.838. The molecule has 1 aromatic carbocycles. The lowest BCUT2D eigenvalue weighted by Crippen LogP contribution is -2.52. The van der Waals surface area contributed by atoms with Gasteiger partial charge >= 0.3 is 0 Å². The highest BCUT2D eigenvalue weighted by atomic mass is 16.5. The first-order valence-corrected chi connectivity index (χ1v) is 8.33. The maximum Gasteiger partial charge on any atom is 0.119 e. The molecule has 4 heteroatoms. The van der Waals surface area contributed by atoms with E-state index in [2.05, 4.69) is 48.9 Å². The first kappa shape index (κ1) is 17.3. The van der Waals surface area contributed by atoms with Gasteiger partial charge < -0.3 is 9.84 Å². The fourth-order valence-corrected chi connectivity index (χ4v) is 2.76. The summed E-state index contributed by atoms with van der Waals surface area (Å²) in [6.07, 6.45) is 1.08. The lowest BCUT2D eigenvalue weighted by molar-refractivity contribution is 0.0539. The molecular weight excluding hydrogens is 276 g/mol. The summed E-state index contributed by atoms with van der Waals surface area (Å²) in [4.78, 5) is 4.65. The molecule has 1 aromatic rings.